The minimum absolute atomic E-state index is 0.0159. The number of nitrogens with zero attached hydrogens (tertiary/aromatic N) is 8. The van der Waals surface area contributed by atoms with Gasteiger partial charge in [0.1, 0.15) is 46.2 Å². The summed E-state index contributed by atoms with van der Waals surface area (Å²) in [7, 11) is -5.16. The maximum absolute atomic E-state index is 12.4. The number of ketones is 4. The van der Waals surface area contributed by atoms with Gasteiger partial charge in [0.15, 0.2) is 0 Å². The largest absolute Gasteiger partial charge is 0.441 e. The van der Waals surface area contributed by atoms with Gasteiger partial charge in [-0.3, -0.25) is 55.9 Å². The summed E-state index contributed by atoms with van der Waals surface area (Å²) in [6, 6.07) is 47.3. The second-order valence-electron chi connectivity index (χ2n) is 27.7. The fourth-order valence-corrected chi connectivity index (χ4v) is 16.4. The lowest BCUT2D eigenvalue weighted by Gasteiger charge is -2.02. The van der Waals surface area contributed by atoms with E-state index in [1.165, 1.54) is 5.56 Å². The standard InChI is InChI=1S/C23H26N2O3S.3C22H24N2O3S/c1-3-18-9-11-20(12-10-18)23-25-22(17(2)28-23)16-29(27)15-21(26)8-4-6-19-7-5-13-24-14-19;3*1-16-8-10-19(11-9-16)22-24-21(17(2)27-22)15-28(26)14-20(25)7-3-5-18-6-4-12-23-13-18/h5,7,9-14H,3-4,6,8,15-16H2,1-2H3;3*4,6,8-13H,3,5,7,14-15H2,1-2H3. The number of aryl methyl sites for hydroxylation is 12. The molecule has 0 amide bonds. The van der Waals surface area contributed by atoms with Gasteiger partial charge >= 0.3 is 0 Å². The Bertz CT molecular complexity index is 4710. The second-order valence-corrected chi connectivity index (χ2v) is 33.5. The normalized spacial score (nSPS) is 12.1. The molecule has 12 aromatic rings. The number of rotatable bonds is 37. The van der Waals surface area contributed by atoms with Crippen LogP contribution in [0.3, 0.4) is 0 Å². The Labute approximate surface area is 671 Å². The first kappa shape index (κ1) is 86.6. The van der Waals surface area contributed by atoms with Crippen molar-refractivity contribution >= 4 is 66.3 Å². The number of oxazole rings is 4. The van der Waals surface area contributed by atoms with Gasteiger partial charge in [-0.2, -0.15) is 0 Å². The lowest BCUT2D eigenvalue weighted by atomic mass is 10.1. The van der Waals surface area contributed by atoms with Crippen molar-refractivity contribution in [3.63, 3.8) is 0 Å². The molecule has 0 aliphatic rings. The minimum Gasteiger partial charge on any atom is -0.441 e. The molecule has 0 fully saturated rings. The predicted octanol–water partition coefficient (Wildman–Crippen LogP) is 17.0. The van der Waals surface area contributed by atoms with E-state index in [0.29, 0.717) is 95.1 Å². The van der Waals surface area contributed by atoms with Crippen LogP contribution in [0.2, 0.25) is 0 Å². The summed E-state index contributed by atoms with van der Waals surface area (Å²) in [5.74, 6) is 5.89. The SMILES string of the molecule is CCc1ccc(-c2nc(CS(=O)CC(=O)CCCc3cccnc3)c(C)o2)cc1.Cc1ccc(-c2nc(CS(=O)CC(=O)CCCc3cccnc3)c(C)o2)cc1.Cc1ccc(-c2nc(CS(=O)CC(=O)CCCc3cccnc3)c(C)o2)cc1.Cc1ccc(-c2nc(CS(=O)CC(=O)CCCc3cccnc3)c(C)o2)cc1. The van der Waals surface area contributed by atoms with Crippen LogP contribution in [-0.2, 0) is 117 Å². The first-order valence-corrected chi connectivity index (χ1v) is 43.7. The summed E-state index contributed by atoms with van der Waals surface area (Å²) in [4.78, 5) is 82.7. The van der Waals surface area contributed by atoms with Crippen molar-refractivity contribution in [3.05, 3.63) is 285 Å². The first-order chi connectivity index (χ1) is 54.6. The maximum atomic E-state index is 12.4. The van der Waals surface area contributed by atoms with Crippen LogP contribution in [0.15, 0.2) is 213 Å². The number of carbonyl (C=O) groups excluding carboxylic acids is 4. The van der Waals surface area contributed by atoms with Gasteiger partial charge in [-0.1, -0.05) is 96.4 Å². The molecule has 8 aromatic heterocycles. The lowest BCUT2D eigenvalue weighted by molar-refractivity contribution is -0.117. The van der Waals surface area contributed by atoms with Crippen molar-refractivity contribution in [1.82, 2.24) is 39.9 Å². The molecule has 20 nitrogen and oxygen atoms in total. The Morgan fingerprint density at radius 1 is 0.301 bits per heavy atom. The van der Waals surface area contributed by atoms with E-state index in [-0.39, 0.29) is 69.2 Å². The molecular weight excluding hydrogens is 1500 g/mol. The molecule has 4 unspecified atom stereocenters. The van der Waals surface area contributed by atoms with Crippen molar-refractivity contribution < 1.29 is 53.7 Å². The monoisotopic (exact) mass is 1600 g/mol. The van der Waals surface area contributed by atoms with Crippen molar-refractivity contribution in [1.29, 1.82) is 0 Å². The molecule has 0 saturated heterocycles. The number of hydrogen-bond donors (Lipinski definition) is 0. The molecule has 0 radical (unpaired) electrons. The number of carbonyl (C=O) groups is 4. The zero-order valence-electron chi connectivity index (χ0n) is 65.4. The molecule has 0 saturated carbocycles. The van der Waals surface area contributed by atoms with Gasteiger partial charge in [0, 0.05) is 141 Å². The van der Waals surface area contributed by atoms with E-state index < -0.39 is 43.2 Å². The van der Waals surface area contributed by atoms with E-state index in [0.717, 1.165) is 119 Å². The van der Waals surface area contributed by atoms with E-state index in [2.05, 4.69) is 58.9 Å². The molecule has 590 valence electrons. The third-order valence-corrected chi connectivity index (χ3v) is 23.1. The van der Waals surface area contributed by atoms with Gasteiger partial charge < -0.3 is 17.7 Å². The summed E-state index contributed by atoms with van der Waals surface area (Å²) in [5, 5.41) is 0. The van der Waals surface area contributed by atoms with Crippen LogP contribution in [0, 0.1) is 48.5 Å². The zero-order chi connectivity index (χ0) is 80.4. The van der Waals surface area contributed by atoms with Crippen molar-refractivity contribution in [2.45, 2.75) is 162 Å². The minimum atomic E-state index is -1.29. The Morgan fingerprint density at radius 2 is 0.522 bits per heavy atom. The Morgan fingerprint density at radius 3 is 0.726 bits per heavy atom. The van der Waals surface area contributed by atoms with Gasteiger partial charge in [-0.05, 0) is 207 Å². The van der Waals surface area contributed by atoms with Gasteiger partial charge in [-0.15, -0.1) is 0 Å². The third kappa shape index (κ3) is 29.9. The topological polar surface area (TPSA) is 292 Å². The molecule has 0 N–H and O–H groups in total. The average molecular weight is 1600 g/mol. The molecule has 4 atom stereocenters. The van der Waals surface area contributed by atoms with Gasteiger partial charge in [0.05, 0.1) is 68.8 Å². The smallest absolute Gasteiger partial charge is 0.226 e. The first-order valence-electron chi connectivity index (χ1n) is 37.8. The van der Waals surface area contributed by atoms with E-state index >= 15 is 0 Å². The molecule has 4 aromatic carbocycles. The Hall–Kier alpha value is -10.4. The Balaban J connectivity index is 0.000000173. The van der Waals surface area contributed by atoms with Crippen molar-refractivity contribution in [2.75, 3.05) is 23.0 Å². The van der Waals surface area contributed by atoms with Gasteiger partial charge in [0.2, 0.25) is 23.6 Å². The molecule has 0 spiro atoms. The average Bonchev–Trinajstić information content (AvgIpc) is 1.72. The number of aromatic nitrogens is 8. The molecular formula is C89H98N8O12S4. The maximum Gasteiger partial charge on any atom is 0.226 e. The van der Waals surface area contributed by atoms with E-state index in [1.807, 2.05) is 207 Å². The highest BCUT2D eigenvalue weighted by Crippen LogP contribution is 2.28. The summed E-state index contributed by atoms with van der Waals surface area (Å²) in [5.41, 5.74) is 15.3. The molecule has 113 heavy (non-hydrogen) atoms. The number of Topliss-reactive ketones (excluding diaryl/α,β-unsaturated/α-hetero) is 4. The van der Waals surface area contributed by atoms with Crippen LogP contribution in [0.25, 0.3) is 45.8 Å². The number of hydrogen-bond acceptors (Lipinski definition) is 20. The predicted molar refractivity (Wildman–Crippen MR) is 446 cm³/mol. The van der Waals surface area contributed by atoms with E-state index in [1.54, 1.807) is 24.8 Å². The molecule has 0 aliphatic heterocycles. The van der Waals surface area contributed by atoms with Gasteiger partial charge in [0.25, 0.3) is 0 Å². The second kappa shape index (κ2) is 45.3. The fourth-order valence-electron chi connectivity index (χ4n) is 11.7. The molecule has 24 heteroatoms. The van der Waals surface area contributed by atoms with Gasteiger partial charge in [-0.25, -0.2) is 19.9 Å². The van der Waals surface area contributed by atoms with E-state index in [4.69, 9.17) is 17.7 Å². The molecule has 0 bridgehead atoms. The highest BCUT2D eigenvalue weighted by molar-refractivity contribution is 7.85. The molecule has 8 heterocycles. The van der Waals surface area contributed by atoms with Crippen LogP contribution < -0.4 is 0 Å². The quantitative estimate of drug-likeness (QED) is 0.0349. The van der Waals surface area contributed by atoms with Crippen molar-refractivity contribution in [3.8, 4) is 45.8 Å². The summed E-state index contributed by atoms with van der Waals surface area (Å²) >= 11 is 0. The highest BCUT2D eigenvalue weighted by atomic mass is 32.2. The van der Waals surface area contributed by atoms with Crippen LogP contribution >= 0.6 is 0 Å². The van der Waals surface area contributed by atoms with E-state index in [9.17, 15) is 36.0 Å². The Kier molecular flexibility index (Phi) is 34.7. The lowest BCUT2D eigenvalue weighted by Crippen LogP contribution is -2.12. The molecule has 0 aliphatic carbocycles. The third-order valence-electron chi connectivity index (χ3n) is 18.1. The number of benzene rings is 4. The van der Waals surface area contributed by atoms with Crippen LogP contribution in [0.5, 0.6) is 0 Å². The molecule has 12 rings (SSSR count). The fraction of sp³-hybridized carbons (Fsp3) is 0.326. The summed E-state index contributed by atoms with van der Waals surface area (Å²) in [6.07, 6.45) is 23.0. The van der Waals surface area contributed by atoms with Crippen LogP contribution in [0.1, 0.15) is 149 Å². The highest BCUT2D eigenvalue weighted by Gasteiger charge is 2.22. The van der Waals surface area contributed by atoms with Crippen LogP contribution in [-0.4, -0.2) is 103 Å². The summed E-state index contributed by atoms with van der Waals surface area (Å²) in [6.45, 7) is 15.4. The van der Waals surface area contributed by atoms with Crippen LogP contribution in [0.4, 0.5) is 0 Å². The van der Waals surface area contributed by atoms with Crippen molar-refractivity contribution in [2.24, 2.45) is 0 Å². The zero-order valence-corrected chi connectivity index (χ0v) is 68.7. The summed E-state index contributed by atoms with van der Waals surface area (Å²) < 4.78 is 72.6. The number of pyridine rings is 4.